The van der Waals surface area contributed by atoms with Crippen molar-refractivity contribution in [2.24, 2.45) is 0 Å². The first-order valence-corrected chi connectivity index (χ1v) is 45.2. The maximum atomic E-state index is 2.47. The number of anilines is 6. The van der Waals surface area contributed by atoms with E-state index in [4.69, 9.17) is 0 Å². The molecule has 0 fully saturated rings. The second kappa shape index (κ2) is 30.6. The lowest BCUT2D eigenvalue weighted by Gasteiger charge is -2.35. The van der Waals surface area contributed by atoms with Crippen LogP contribution in [-0.2, 0) is 10.8 Å². The van der Waals surface area contributed by atoms with Crippen molar-refractivity contribution in [1.29, 1.82) is 0 Å². The number of benzene rings is 21. The van der Waals surface area contributed by atoms with E-state index in [0.717, 1.165) is 84.3 Å². The van der Waals surface area contributed by atoms with Crippen molar-refractivity contribution in [1.82, 2.24) is 9.13 Å². The summed E-state index contributed by atoms with van der Waals surface area (Å²) < 4.78 is 4.86. The second-order valence-corrected chi connectivity index (χ2v) is 35.5. The number of nitrogens with zero attached hydrogens (tertiary/aromatic N) is 4. The van der Waals surface area contributed by atoms with Gasteiger partial charge in [-0.15, -0.1) is 0 Å². The zero-order valence-electron chi connectivity index (χ0n) is 72.0. The molecular formula is C126H86N4. The topological polar surface area (TPSA) is 16.3 Å². The van der Waals surface area contributed by atoms with Crippen molar-refractivity contribution in [3.8, 4) is 100 Å². The van der Waals surface area contributed by atoms with Gasteiger partial charge in [0.2, 0.25) is 0 Å². The first-order valence-electron chi connectivity index (χ1n) is 45.2. The molecule has 4 heteroatoms. The summed E-state index contributed by atoms with van der Waals surface area (Å²) in [5.74, 6) is 0. The van der Waals surface area contributed by atoms with Crippen molar-refractivity contribution >= 4 is 99.3 Å². The minimum absolute atomic E-state index is 0.290. The first-order chi connectivity index (χ1) is 64.2. The zero-order chi connectivity index (χ0) is 86.1. The monoisotopic (exact) mass is 1650 g/mol. The first kappa shape index (κ1) is 75.8. The summed E-state index contributed by atoms with van der Waals surface area (Å²) in [5.41, 5.74) is 39.6. The zero-order valence-corrected chi connectivity index (χ0v) is 72.0. The molecular weight excluding hydrogens is 1570 g/mol. The Labute approximate surface area is 756 Å². The lowest BCUT2D eigenvalue weighted by atomic mass is 9.67. The molecule has 0 spiro atoms. The van der Waals surface area contributed by atoms with E-state index in [1.807, 2.05) is 0 Å². The van der Waals surface area contributed by atoms with Gasteiger partial charge in [-0.2, -0.15) is 0 Å². The van der Waals surface area contributed by atoms with Crippen molar-refractivity contribution in [2.45, 2.75) is 24.7 Å². The second-order valence-electron chi connectivity index (χ2n) is 35.5. The van der Waals surface area contributed by atoms with Gasteiger partial charge in [-0.25, -0.2) is 0 Å². The molecule has 2 aromatic heterocycles. The number of aromatic nitrogens is 2. The Morgan fingerprint density at radius 1 is 0.185 bits per heavy atom. The van der Waals surface area contributed by atoms with E-state index < -0.39 is 5.41 Å². The molecule has 0 radical (unpaired) electrons. The summed E-state index contributed by atoms with van der Waals surface area (Å²) in [6.07, 6.45) is 0. The quantitative estimate of drug-likeness (QED) is 0.0959. The number of para-hydroxylation sites is 2. The predicted octanol–water partition coefficient (Wildman–Crippen LogP) is 33.8. The van der Waals surface area contributed by atoms with Gasteiger partial charge in [-0.3, -0.25) is 0 Å². The van der Waals surface area contributed by atoms with Crippen LogP contribution in [0.5, 0.6) is 0 Å². The molecule has 0 bridgehead atoms. The number of hydrogen-bond donors (Lipinski definition) is 0. The number of hydrogen-bond acceptors (Lipinski definition) is 2. The SMILES string of the molecule is CC1(C)c2ccc(-c3ccc4c5cc(-c6cccc(-c7ccc(N(c8ccc9c(c8)C(c8ccccc8)(c8ccccc8)c8ccccc8-9)c8ccc9ccccc9c8)cc7)c6)ccc5n(-c5ccccc5)c4c3)cc2-c2ccc(N(c3ccc(-c4cccc(-c5ccc6c(c5)c5ccccc5n6-c5ccc(-c6ccccc6)cc5)c4)cc3)c3cccc4ccccc34)cc21. The highest BCUT2D eigenvalue weighted by atomic mass is 15.1. The minimum atomic E-state index is -0.543. The van der Waals surface area contributed by atoms with Crippen LogP contribution in [-0.4, -0.2) is 9.13 Å². The third-order valence-electron chi connectivity index (χ3n) is 27.9. The van der Waals surface area contributed by atoms with Crippen molar-refractivity contribution < 1.29 is 0 Å². The third-order valence-corrected chi connectivity index (χ3v) is 27.9. The van der Waals surface area contributed by atoms with Gasteiger partial charge in [0.1, 0.15) is 0 Å². The van der Waals surface area contributed by atoms with E-state index in [9.17, 15) is 0 Å². The molecule has 0 amide bonds. The van der Waals surface area contributed by atoms with E-state index in [-0.39, 0.29) is 5.41 Å². The summed E-state index contributed by atoms with van der Waals surface area (Å²) in [5, 5.41) is 9.68. The Balaban J connectivity index is 0.525. The van der Waals surface area contributed by atoms with Crippen LogP contribution in [0.1, 0.15) is 47.2 Å². The van der Waals surface area contributed by atoms with Gasteiger partial charge in [-0.1, -0.05) is 354 Å². The number of fused-ring (bicyclic) bond motifs is 14. The molecule has 2 heterocycles. The summed E-state index contributed by atoms with van der Waals surface area (Å²) in [6, 6.07) is 181. The van der Waals surface area contributed by atoms with Crippen LogP contribution < -0.4 is 9.80 Å². The lowest BCUT2D eigenvalue weighted by Crippen LogP contribution is -2.28. The van der Waals surface area contributed by atoms with E-state index in [0.29, 0.717) is 0 Å². The van der Waals surface area contributed by atoms with Gasteiger partial charge in [-0.05, 0) is 284 Å². The summed E-state index contributed by atoms with van der Waals surface area (Å²) in [7, 11) is 0. The summed E-state index contributed by atoms with van der Waals surface area (Å²) in [4.78, 5) is 4.91. The van der Waals surface area contributed by atoms with Crippen LogP contribution in [0.2, 0.25) is 0 Å². The molecule has 0 atom stereocenters. The highest BCUT2D eigenvalue weighted by Gasteiger charge is 2.47. The van der Waals surface area contributed by atoms with Crippen LogP contribution in [0.4, 0.5) is 34.1 Å². The van der Waals surface area contributed by atoms with Crippen molar-refractivity contribution in [3.05, 3.63) is 519 Å². The van der Waals surface area contributed by atoms with Crippen molar-refractivity contribution in [3.63, 3.8) is 0 Å². The van der Waals surface area contributed by atoms with Crippen molar-refractivity contribution in [2.75, 3.05) is 9.80 Å². The van der Waals surface area contributed by atoms with Crippen LogP contribution in [0.3, 0.4) is 0 Å². The largest absolute Gasteiger partial charge is 0.310 e. The van der Waals surface area contributed by atoms with Gasteiger partial charge in [0.25, 0.3) is 0 Å². The Bertz CT molecular complexity index is 8370. The molecule has 0 saturated carbocycles. The Hall–Kier alpha value is -16.7. The summed E-state index contributed by atoms with van der Waals surface area (Å²) in [6.45, 7) is 4.80. The normalized spacial score (nSPS) is 12.8. The van der Waals surface area contributed by atoms with Crippen LogP contribution in [0.15, 0.2) is 485 Å². The lowest BCUT2D eigenvalue weighted by molar-refractivity contribution is 0.660. The minimum Gasteiger partial charge on any atom is -0.310 e. The average Bonchev–Trinajstić information content (AvgIpc) is 1.53. The molecule has 610 valence electrons. The highest BCUT2D eigenvalue weighted by molar-refractivity contribution is 6.13. The molecule has 2 aliphatic carbocycles. The fourth-order valence-corrected chi connectivity index (χ4v) is 21.7. The van der Waals surface area contributed by atoms with Gasteiger partial charge in [0.05, 0.1) is 33.2 Å². The van der Waals surface area contributed by atoms with E-state index >= 15 is 0 Å². The molecule has 4 nitrogen and oxygen atoms in total. The molecule has 0 unspecified atom stereocenters. The maximum Gasteiger partial charge on any atom is 0.0714 e. The molecule has 0 N–H and O–H groups in total. The molecule has 21 aromatic carbocycles. The molecule has 130 heavy (non-hydrogen) atoms. The Kier molecular flexibility index (Phi) is 17.8. The Morgan fingerprint density at radius 3 is 1.25 bits per heavy atom. The smallest absolute Gasteiger partial charge is 0.0714 e. The standard InChI is InChI=1S/C126H86N4/c1-125(2)116-71-56-94(77-113(116)110-70-67-106(81-118(110)125)128(120-47-25-31-88-29-17-18-42-107(88)120)102-61-52-87(53-62-102)90-33-24-34-91(75-90)95-57-72-122-114(78-95)111-44-20-22-46-121(111)129(122)103-63-48-85(49-64-103)83-26-7-3-8-27-83)97-55-68-112-115-79-96(58-73-123(115)130(124(112)80-97)100-40-13-6-14-41-100)92-35-23-32-89(74-92)86-50-59-101(60-51-86)127(104-65-54-84-28-15-16-30-93(84)76-104)105-66-69-109-108-43-19-21-45-117(108)126(119(109)82-105,98-36-9-4-10-37-98)99-38-11-5-12-39-99/h3-82H,1-2H3. The van der Waals surface area contributed by atoms with Gasteiger partial charge in [0.15, 0.2) is 0 Å². The molecule has 23 aromatic rings. The molecule has 2 aliphatic rings. The fourth-order valence-electron chi connectivity index (χ4n) is 21.7. The predicted molar refractivity (Wildman–Crippen MR) is 547 cm³/mol. The number of rotatable bonds is 16. The van der Waals surface area contributed by atoms with Crippen LogP contribution >= 0.6 is 0 Å². The highest BCUT2D eigenvalue weighted by Crippen LogP contribution is 2.59. The van der Waals surface area contributed by atoms with E-state index in [2.05, 4.69) is 518 Å². The molecule has 25 rings (SSSR count). The van der Waals surface area contributed by atoms with E-state index in [1.54, 1.807) is 0 Å². The maximum absolute atomic E-state index is 2.47. The van der Waals surface area contributed by atoms with Crippen LogP contribution in [0.25, 0.3) is 166 Å². The van der Waals surface area contributed by atoms with Gasteiger partial charge >= 0.3 is 0 Å². The van der Waals surface area contributed by atoms with Gasteiger partial charge < -0.3 is 18.9 Å². The van der Waals surface area contributed by atoms with Gasteiger partial charge in [0, 0.05) is 72.2 Å². The molecule has 0 saturated heterocycles. The summed E-state index contributed by atoms with van der Waals surface area (Å²) >= 11 is 0. The third kappa shape index (κ3) is 12.4. The fraction of sp³-hybridized carbons (Fsp3) is 0.0317. The molecule has 0 aliphatic heterocycles. The average molecular weight is 1660 g/mol. The van der Waals surface area contributed by atoms with E-state index in [1.165, 1.54) is 149 Å². The van der Waals surface area contributed by atoms with Crippen LogP contribution in [0, 0.1) is 0 Å². The Morgan fingerprint density at radius 2 is 0.585 bits per heavy atom.